The molecule has 2 N–H and O–H groups in total. The van der Waals surface area contributed by atoms with E-state index >= 15 is 0 Å². The summed E-state index contributed by atoms with van der Waals surface area (Å²) in [7, 11) is 2.99. The fourth-order valence-electron chi connectivity index (χ4n) is 3.87. The highest BCUT2D eigenvalue weighted by Crippen LogP contribution is 2.32. The number of benzene rings is 2. The molecule has 0 aliphatic heterocycles. The Balaban J connectivity index is 1.73. The second-order valence-corrected chi connectivity index (χ2v) is 7.84. The van der Waals surface area contributed by atoms with Crippen LogP contribution in [0.4, 0.5) is 0 Å². The number of methoxy groups -OCH3 is 2. The fourth-order valence-corrected chi connectivity index (χ4v) is 3.87. The first-order valence-electron chi connectivity index (χ1n) is 10.8. The third-order valence-electron chi connectivity index (χ3n) is 5.51. The van der Waals surface area contributed by atoms with Gasteiger partial charge in [0.25, 0.3) is 11.5 Å². The van der Waals surface area contributed by atoms with Gasteiger partial charge in [-0.25, -0.2) is 9.99 Å². The highest BCUT2D eigenvalue weighted by molar-refractivity contribution is 6.02. The highest BCUT2D eigenvalue weighted by Gasteiger charge is 2.18. The van der Waals surface area contributed by atoms with Crippen LogP contribution in [0.3, 0.4) is 0 Å². The first kappa shape index (κ1) is 23.6. The number of aryl methyl sites for hydroxylation is 2. The molecule has 0 saturated heterocycles. The lowest BCUT2D eigenvalue weighted by Gasteiger charge is -2.15. The van der Waals surface area contributed by atoms with Crippen LogP contribution in [0.15, 0.2) is 58.4 Å². The van der Waals surface area contributed by atoms with Crippen molar-refractivity contribution in [3.8, 4) is 23.1 Å². The van der Waals surface area contributed by atoms with Crippen molar-refractivity contribution in [3.63, 3.8) is 0 Å². The number of nitrogens with zero attached hydrogens (tertiary/aromatic N) is 4. The predicted molar refractivity (Wildman–Crippen MR) is 132 cm³/mol. The molecule has 0 fully saturated rings. The Labute approximate surface area is 201 Å². The van der Waals surface area contributed by atoms with E-state index in [1.54, 1.807) is 47.1 Å². The lowest BCUT2D eigenvalue weighted by atomic mass is 10.1. The standard InChI is InChI=1S/C25H25N5O5/c1-15-11-16(2)29(28-15)14-23(31)27-26-13-20-18-7-5-6-8-19(18)24(32)30(25(20)33)17-9-10-21(34-3)22(12-17)35-4/h5-13,33H,14H2,1-4H3,(H,27,31)/b26-13+. The molecule has 0 aliphatic carbocycles. The second kappa shape index (κ2) is 9.72. The smallest absolute Gasteiger partial charge is 0.265 e. The third-order valence-corrected chi connectivity index (χ3v) is 5.51. The van der Waals surface area contributed by atoms with Gasteiger partial charge in [-0.2, -0.15) is 10.2 Å². The number of carbonyl (C=O) groups is 1. The van der Waals surface area contributed by atoms with Gasteiger partial charge in [0.05, 0.1) is 37.4 Å². The van der Waals surface area contributed by atoms with Gasteiger partial charge in [0, 0.05) is 22.5 Å². The molecule has 0 unspecified atom stereocenters. The molecule has 2 aromatic heterocycles. The van der Waals surface area contributed by atoms with Gasteiger partial charge in [-0.05, 0) is 38.1 Å². The van der Waals surface area contributed by atoms with Gasteiger partial charge in [-0.1, -0.05) is 18.2 Å². The Bertz CT molecular complexity index is 1500. The quantitative estimate of drug-likeness (QED) is 0.313. The van der Waals surface area contributed by atoms with Crippen molar-refractivity contribution in [2.75, 3.05) is 14.2 Å². The van der Waals surface area contributed by atoms with E-state index < -0.39 is 5.56 Å². The Hall–Kier alpha value is -4.60. The van der Waals surface area contributed by atoms with Crippen LogP contribution in [0, 0.1) is 13.8 Å². The van der Waals surface area contributed by atoms with Crippen molar-refractivity contribution in [3.05, 3.63) is 75.8 Å². The SMILES string of the molecule is COc1ccc(-n2c(O)c(/C=N/NC(=O)Cn3nc(C)cc3C)c3ccccc3c2=O)cc1OC. The average Bonchev–Trinajstić information content (AvgIpc) is 3.17. The zero-order chi connectivity index (χ0) is 25.1. The molecular formula is C25H25N5O5. The van der Waals surface area contributed by atoms with Gasteiger partial charge < -0.3 is 14.6 Å². The van der Waals surface area contributed by atoms with Crippen LogP contribution in [-0.4, -0.2) is 45.8 Å². The second-order valence-electron chi connectivity index (χ2n) is 7.84. The number of nitrogens with one attached hydrogen (secondary N) is 1. The van der Waals surface area contributed by atoms with Crippen LogP contribution in [0.2, 0.25) is 0 Å². The summed E-state index contributed by atoms with van der Waals surface area (Å²) < 4.78 is 13.3. The molecule has 4 rings (SSSR count). The van der Waals surface area contributed by atoms with Crippen molar-refractivity contribution >= 4 is 22.9 Å². The fraction of sp³-hybridized carbons (Fsp3) is 0.200. The zero-order valence-corrected chi connectivity index (χ0v) is 19.8. The lowest BCUT2D eigenvalue weighted by Crippen LogP contribution is -2.24. The normalized spacial score (nSPS) is 11.2. The molecule has 0 radical (unpaired) electrons. The number of hydrogen-bond acceptors (Lipinski definition) is 7. The number of fused-ring (bicyclic) bond motifs is 1. The van der Waals surface area contributed by atoms with E-state index in [1.165, 1.54) is 20.4 Å². The van der Waals surface area contributed by atoms with Gasteiger partial charge in [0.1, 0.15) is 6.54 Å². The molecule has 2 aromatic carbocycles. The highest BCUT2D eigenvalue weighted by atomic mass is 16.5. The summed E-state index contributed by atoms with van der Waals surface area (Å²) in [6.07, 6.45) is 1.31. The van der Waals surface area contributed by atoms with E-state index in [1.807, 2.05) is 19.9 Å². The summed E-state index contributed by atoms with van der Waals surface area (Å²) in [5.41, 5.74) is 4.34. The Morgan fingerprint density at radius 3 is 2.46 bits per heavy atom. The largest absolute Gasteiger partial charge is 0.494 e. The van der Waals surface area contributed by atoms with E-state index in [0.717, 1.165) is 16.0 Å². The van der Waals surface area contributed by atoms with Gasteiger partial charge in [-0.3, -0.25) is 14.3 Å². The number of ether oxygens (including phenoxy) is 2. The molecule has 35 heavy (non-hydrogen) atoms. The minimum Gasteiger partial charge on any atom is -0.494 e. The molecule has 1 amide bonds. The number of amides is 1. The molecule has 2 heterocycles. The number of hydrazone groups is 1. The summed E-state index contributed by atoms with van der Waals surface area (Å²) in [5, 5.41) is 20.3. The third kappa shape index (κ3) is 4.58. The van der Waals surface area contributed by atoms with E-state index in [2.05, 4.69) is 15.6 Å². The summed E-state index contributed by atoms with van der Waals surface area (Å²) in [4.78, 5) is 25.6. The maximum absolute atomic E-state index is 13.3. The Morgan fingerprint density at radius 2 is 1.80 bits per heavy atom. The lowest BCUT2D eigenvalue weighted by molar-refractivity contribution is -0.121. The maximum atomic E-state index is 13.3. The van der Waals surface area contributed by atoms with Gasteiger partial charge in [0.2, 0.25) is 5.88 Å². The summed E-state index contributed by atoms with van der Waals surface area (Å²) >= 11 is 0. The topological polar surface area (TPSA) is 120 Å². The number of rotatable bonds is 7. The molecule has 10 nitrogen and oxygen atoms in total. The molecular weight excluding hydrogens is 450 g/mol. The van der Waals surface area contributed by atoms with Crippen LogP contribution in [-0.2, 0) is 11.3 Å². The molecule has 0 aliphatic rings. The van der Waals surface area contributed by atoms with Crippen molar-refractivity contribution in [1.29, 1.82) is 0 Å². The van der Waals surface area contributed by atoms with Crippen molar-refractivity contribution in [1.82, 2.24) is 19.8 Å². The molecule has 0 spiro atoms. The summed E-state index contributed by atoms with van der Waals surface area (Å²) in [6.45, 7) is 3.70. The zero-order valence-electron chi connectivity index (χ0n) is 19.8. The van der Waals surface area contributed by atoms with Crippen molar-refractivity contribution in [2.24, 2.45) is 5.10 Å². The molecule has 4 aromatic rings. The Kier molecular flexibility index (Phi) is 6.54. The van der Waals surface area contributed by atoms with Gasteiger partial charge >= 0.3 is 0 Å². The Morgan fingerprint density at radius 1 is 1.09 bits per heavy atom. The number of aromatic hydroxyl groups is 1. The monoisotopic (exact) mass is 475 g/mol. The number of hydrogen-bond donors (Lipinski definition) is 2. The predicted octanol–water partition coefficient (Wildman–Crippen LogP) is 2.68. The number of carbonyl (C=O) groups excluding carboxylic acids is 1. The molecule has 0 saturated carbocycles. The van der Waals surface area contributed by atoms with Crippen LogP contribution in [0.5, 0.6) is 17.4 Å². The molecule has 0 bridgehead atoms. The van der Waals surface area contributed by atoms with Crippen LogP contribution < -0.4 is 20.5 Å². The van der Waals surface area contributed by atoms with Crippen LogP contribution in [0.25, 0.3) is 16.5 Å². The number of aromatic nitrogens is 3. The maximum Gasteiger partial charge on any atom is 0.265 e. The summed E-state index contributed by atoms with van der Waals surface area (Å²) in [5.74, 6) is 0.162. The molecule has 10 heteroatoms. The first-order chi connectivity index (χ1) is 16.8. The van der Waals surface area contributed by atoms with E-state index in [0.29, 0.717) is 28.0 Å². The van der Waals surface area contributed by atoms with Gasteiger partial charge in [-0.15, -0.1) is 0 Å². The average molecular weight is 476 g/mol. The van der Waals surface area contributed by atoms with Crippen molar-refractivity contribution < 1.29 is 19.4 Å². The van der Waals surface area contributed by atoms with E-state index in [4.69, 9.17) is 9.47 Å². The minimum absolute atomic E-state index is 0.00508. The first-order valence-corrected chi connectivity index (χ1v) is 10.8. The van der Waals surface area contributed by atoms with Crippen LogP contribution in [0.1, 0.15) is 17.0 Å². The van der Waals surface area contributed by atoms with Crippen molar-refractivity contribution in [2.45, 2.75) is 20.4 Å². The summed E-state index contributed by atoms with van der Waals surface area (Å²) in [6, 6.07) is 13.6. The number of pyridine rings is 1. The minimum atomic E-state index is -0.420. The molecule has 180 valence electrons. The molecule has 0 atom stereocenters. The van der Waals surface area contributed by atoms with E-state index in [9.17, 15) is 14.7 Å². The van der Waals surface area contributed by atoms with Crippen LogP contribution >= 0.6 is 0 Å². The van der Waals surface area contributed by atoms with E-state index in [-0.39, 0.29) is 23.9 Å². The van der Waals surface area contributed by atoms with Gasteiger partial charge in [0.15, 0.2) is 11.5 Å².